The second-order valence-electron chi connectivity index (χ2n) is 6.77. The number of para-hydroxylation sites is 1. The number of hydrogen-bond acceptors (Lipinski definition) is 3. The lowest BCUT2D eigenvalue weighted by molar-refractivity contribution is 0.0714. The van der Waals surface area contributed by atoms with Crippen molar-refractivity contribution in [2.75, 3.05) is 0 Å². The van der Waals surface area contributed by atoms with Crippen LogP contribution in [-0.4, -0.2) is 21.7 Å². The van der Waals surface area contributed by atoms with Crippen LogP contribution in [0.2, 0.25) is 0 Å². The van der Waals surface area contributed by atoms with E-state index < -0.39 is 5.60 Å². The molecule has 2 aromatic carbocycles. The minimum absolute atomic E-state index is 0.171. The number of phenols is 1. The number of benzene rings is 2. The molecule has 0 heterocycles. The van der Waals surface area contributed by atoms with Gasteiger partial charge in [-0.15, -0.1) is 0 Å². The largest absolute Gasteiger partial charge is 0.508 e. The lowest BCUT2D eigenvalue weighted by Crippen LogP contribution is -2.26. The number of amides is 1. The first-order valence-corrected chi connectivity index (χ1v) is 8.16. The quantitative estimate of drug-likeness (QED) is 0.759. The summed E-state index contributed by atoms with van der Waals surface area (Å²) in [6.07, 6.45) is 1.34. The third-order valence-electron chi connectivity index (χ3n) is 3.97. The maximum atomic E-state index is 12.5. The van der Waals surface area contributed by atoms with Gasteiger partial charge in [0.25, 0.3) is 5.91 Å². The van der Waals surface area contributed by atoms with Gasteiger partial charge in [-0.25, -0.2) is 0 Å². The molecule has 0 spiro atoms. The fourth-order valence-electron chi connectivity index (χ4n) is 2.53. The van der Waals surface area contributed by atoms with E-state index in [-0.39, 0.29) is 17.7 Å². The number of aryl methyl sites for hydroxylation is 1. The molecule has 0 aromatic heterocycles. The summed E-state index contributed by atoms with van der Waals surface area (Å²) in [7, 11) is 0. The van der Waals surface area contributed by atoms with Crippen LogP contribution in [0, 0.1) is 0 Å². The fraction of sp³-hybridized carbons (Fsp3) is 0.350. The predicted molar refractivity (Wildman–Crippen MR) is 95.0 cm³/mol. The number of carbonyl (C=O) groups excluding carboxylic acids is 1. The van der Waals surface area contributed by atoms with E-state index in [9.17, 15) is 15.0 Å². The molecule has 3 N–H and O–H groups in total. The Morgan fingerprint density at radius 1 is 1.17 bits per heavy atom. The van der Waals surface area contributed by atoms with Crippen LogP contribution < -0.4 is 5.32 Å². The van der Waals surface area contributed by atoms with Gasteiger partial charge in [0.05, 0.1) is 11.6 Å². The van der Waals surface area contributed by atoms with E-state index in [0.29, 0.717) is 24.0 Å². The Kier molecular flexibility index (Phi) is 5.62. The molecule has 1 atom stereocenters. The molecule has 0 aliphatic heterocycles. The van der Waals surface area contributed by atoms with Crippen molar-refractivity contribution in [1.82, 2.24) is 5.32 Å². The molecule has 0 radical (unpaired) electrons. The molecule has 24 heavy (non-hydrogen) atoms. The van der Waals surface area contributed by atoms with Gasteiger partial charge in [0.15, 0.2) is 0 Å². The highest BCUT2D eigenvalue weighted by Crippen LogP contribution is 2.23. The SMILES string of the molecule is CC(NC(=O)c1cccc(CCC(C)(C)O)c1)c1ccccc1O. The molecule has 0 aliphatic carbocycles. The van der Waals surface area contributed by atoms with Crippen LogP contribution >= 0.6 is 0 Å². The number of carbonyl (C=O) groups is 1. The molecule has 1 amide bonds. The summed E-state index contributed by atoms with van der Waals surface area (Å²) in [6, 6.07) is 14.1. The minimum atomic E-state index is -0.725. The number of nitrogens with one attached hydrogen (secondary N) is 1. The molecule has 0 bridgehead atoms. The zero-order valence-corrected chi connectivity index (χ0v) is 14.4. The molecule has 2 rings (SSSR count). The minimum Gasteiger partial charge on any atom is -0.508 e. The first kappa shape index (κ1) is 18.0. The van der Waals surface area contributed by atoms with E-state index in [2.05, 4.69) is 5.32 Å². The molecule has 2 aromatic rings. The van der Waals surface area contributed by atoms with Gasteiger partial charge in [-0.2, -0.15) is 0 Å². The Bertz CT molecular complexity index is 704. The van der Waals surface area contributed by atoms with Crippen molar-refractivity contribution in [3.8, 4) is 5.75 Å². The smallest absolute Gasteiger partial charge is 0.251 e. The van der Waals surface area contributed by atoms with Crippen molar-refractivity contribution in [1.29, 1.82) is 0 Å². The van der Waals surface area contributed by atoms with E-state index in [1.807, 2.05) is 31.2 Å². The highest BCUT2D eigenvalue weighted by molar-refractivity contribution is 5.94. The summed E-state index contributed by atoms with van der Waals surface area (Å²) < 4.78 is 0. The van der Waals surface area contributed by atoms with Crippen LogP contribution in [-0.2, 0) is 6.42 Å². The Balaban J connectivity index is 2.06. The number of phenolic OH excluding ortho intramolecular Hbond substituents is 1. The maximum absolute atomic E-state index is 12.5. The van der Waals surface area contributed by atoms with Crippen molar-refractivity contribution in [3.63, 3.8) is 0 Å². The molecule has 0 saturated carbocycles. The average molecular weight is 327 g/mol. The molecule has 4 heteroatoms. The zero-order chi connectivity index (χ0) is 17.7. The fourth-order valence-corrected chi connectivity index (χ4v) is 2.53. The second-order valence-corrected chi connectivity index (χ2v) is 6.77. The maximum Gasteiger partial charge on any atom is 0.251 e. The zero-order valence-electron chi connectivity index (χ0n) is 14.4. The third kappa shape index (κ3) is 5.10. The van der Waals surface area contributed by atoms with Crippen LogP contribution in [0.25, 0.3) is 0 Å². The van der Waals surface area contributed by atoms with Crippen molar-refractivity contribution in [3.05, 3.63) is 65.2 Å². The highest BCUT2D eigenvalue weighted by atomic mass is 16.3. The van der Waals surface area contributed by atoms with Crippen LogP contribution in [0.3, 0.4) is 0 Å². The molecule has 0 saturated heterocycles. The molecule has 0 fully saturated rings. The standard InChI is InChI=1S/C20H25NO3/c1-14(17-9-4-5-10-18(17)22)21-19(23)16-8-6-7-15(13-16)11-12-20(2,3)24/h4-10,13-14,22,24H,11-12H2,1-3H3,(H,21,23). The first-order chi connectivity index (χ1) is 11.3. The lowest BCUT2D eigenvalue weighted by Gasteiger charge is -2.17. The van der Waals surface area contributed by atoms with Crippen LogP contribution in [0.4, 0.5) is 0 Å². The van der Waals surface area contributed by atoms with Gasteiger partial charge in [-0.3, -0.25) is 4.79 Å². The van der Waals surface area contributed by atoms with Crippen LogP contribution in [0.1, 0.15) is 54.7 Å². The van der Waals surface area contributed by atoms with Gasteiger partial charge >= 0.3 is 0 Å². The Labute approximate surface area is 143 Å². The molecular formula is C20H25NO3. The van der Waals surface area contributed by atoms with Gasteiger partial charge in [-0.05, 0) is 57.4 Å². The highest BCUT2D eigenvalue weighted by Gasteiger charge is 2.15. The van der Waals surface area contributed by atoms with Crippen molar-refractivity contribution in [2.45, 2.75) is 45.3 Å². The van der Waals surface area contributed by atoms with Crippen molar-refractivity contribution in [2.24, 2.45) is 0 Å². The van der Waals surface area contributed by atoms with Crippen LogP contribution in [0.5, 0.6) is 5.75 Å². The summed E-state index contributed by atoms with van der Waals surface area (Å²) in [5.41, 5.74) is 1.55. The predicted octanol–water partition coefficient (Wildman–Crippen LogP) is 3.59. The van der Waals surface area contributed by atoms with E-state index in [1.165, 1.54) is 0 Å². The van der Waals surface area contributed by atoms with Gasteiger partial charge in [-0.1, -0.05) is 30.3 Å². The van der Waals surface area contributed by atoms with Crippen molar-refractivity contribution < 1.29 is 15.0 Å². The van der Waals surface area contributed by atoms with Crippen molar-refractivity contribution >= 4 is 5.91 Å². The summed E-state index contributed by atoms with van der Waals surface area (Å²) in [5, 5.41) is 22.6. The molecule has 0 aliphatic rings. The molecule has 128 valence electrons. The van der Waals surface area contributed by atoms with Gasteiger partial charge < -0.3 is 15.5 Å². The Hall–Kier alpha value is -2.33. The summed E-state index contributed by atoms with van der Waals surface area (Å²) >= 11 is 0. The Morgan fingerprint density at radius 3 is 2.54 bits per heavy atom. The third-order valence-corrected chi connectivity index (χ3v) is 3.97. The Morgan fingerprint density at radius 2 is 1.88 bits per heavy atom. The average Bonchev–Trinajstić information content (AvgIpc) is 2.53. The van der Waals surface area contributed by atoms with Gasteiger partial charge in [0, 0.05) is 11.1 Å². The van der Waals surface area contributed by atoms with E-state index >= 15 is 0 Å². The summed E-state index contributed by atoms with van der Waals surface area (Å²) in [4.78, 5) is 12.5. The number of aromatic hydroxyl groups is 1. The topological polar surface area (TPSA) is 69.6 Å². The van der Waals surface area contributed by atoms with E-state index in [0.717, 1.165) is 5.56 Å². The summed E-state index contributed by atoms with van der Waals surface area (Å²) in [6.45, 7) is 5.39. The number of rotatable bonds is 6. The monoisotopic (exact) mass is 327 g/mol. The van der Waals surface area contributed by atoms with Gasteiger partial charge in [0.2, 0.25) is 0 Å². The number of aliphatic hydroxyl groups is 1. The van der Waals surface area contributed by atoms with E-state index in [1.54, 1.807) is 38.1 Å². The van der Waals surface area contributed by atoms with E-state index in [4.69, 9.17) is 0 Å². The summed E-state index contributed by atoms with van der Waals surface area (Å²) in [5.74, 6) is -0.0138. The first-order valence-electron chi connectivity index (χ1n) is 8.16. The van der Waals surface area contributed by atoms with Crippen LogP contribution in [0.15, 0.2) is 48.5 Å². The van der Waals surface area contributed by atoms with Gasteiger partial charge in [0.1, 0.15) is 5.75 Å². The number of hydrogen-bond donors (Lipinski definition) is 3. The molecular weight excluding hydrogens is 302 g/mol. The normalized spacial score (nSPS) is 12.7. The molecule has 1 unspecified atom stereocenters. The second kappa shape index (κ2) is 7.49. The molecule has 4 nitrogen and oxygen atoms in total. The lowest BCUT2D eigenvalue weighted by atomic mass is 9.97.